The van der Waals surface area contributed by atoms with Gasteiger partial charge in [-0.2, -0.15) is 13.2 Å². The van der Waals surface area contributed by atoms with Crippen molar-refractivity contribution in [2.75, 3.05) is 7.11 Å². The van der Waals surface area contributed by atoms with Crippen molar-refractivity contribution in [1.29, 1.82) is 0 Å². The fourth-order valence-electron chi connectivity index (χ4n) is 2.60. The first-order valence-corrected chi connectivity index (χ1v) is 7.37. The first-order valence-electron chi connectivity index (χ1n) is 6.99. The van der Waals surface area contributed by atoms with E-state index in [2.05, 4.69) is 4.98 Å². The highest BCUT2D eigenvalue weighted by Crippen LogP contribution is 2.33. The number of carbonyl (C=O) groups excluding carboxylic acids is 1. The van der Waals surface area contributed by atoms with Gasteiger partial charge in [0.2, 0.25) is 0 Å². The number of pyridine rings is 1. The molecule has 0 unspecified atom stereocenters. The Labute approximate surface area is 140 Å². The predicted octanol–water partition coefficient (Wildman–Crippen LogP) is 3.92. The third-order valence-electron chi connectivity index (χ3n) is 3.78. The second kappa shape index (κ2) is 5.98. The summed E-state index contributed by atoms with van der Waals surface area (Å²) in [4.78, 5) is 17.5. The topological polar surface area (TPSA) is 42.4 Å². The number of rotatable bonds is 2. The zero-order valence-electron chi connectivity index (χ0n) is 12.5. The number of carbonyl (C=O) groups is 1. The number of nitrogens with zero attached hydrogens (tertiary/aromatic N) is 2. The standard InChI is InChI=1S/C16H12ClF3N2O2/c1-24-12-5-6-13(16(18,19)20)21-14(12)15(23)22-7-9-3-2-4-11(17)10(9)8-22/h2-6H,7-8H2,1H3. The molecule has 1 aromatic heterocycles. The van der Waals surface area contributed by atoms with Gasteiger partial charge in [-0.1, -0.05) is 23.7 Å². The molecule has 0 saturated heterocycles. The van der Waals surface area contributed by atoms with Crippen LogP contribution in [0, 0.1) is 0 Å². The number of fused-ring (bicyclic) bond motifs is 1. The maximum atomic E-state index is 12.9. The lowest BCUT2D eigenvalue weighted by Crippen LogP contribution is -2.27. The van der Waals surface area contributed by atoms with Crippen molar-refractivity contribution in [2.24, 2.45) is 0 Å². The minimum atomic E-state index is -4.64. The van der Waals surface area contributed by atoms with Crippen LogP contribution in [-0.2, 0) is 19.3 Å². The van der Waals surface area contributed by atoms with E-state index in [0.717, 1.165) is 23.3 Å². The molecule has 0 radical (unpaired) electrons. The number of benzene rings is 1. The third-order valence-corrected chi connectivity index (χ3v) is 4.14. The predicted molar refractivity (Wildman–Crippen MR) is 80.8 cm³/mol. The SMILES string of the molecule is COc1ccc(C(F)(F)F)nc1C(=O)N1Cc2cccc(Cl)c2C1. The van der Waals surface area contributed by atoms with Crippen LogP contribution in [0.25, 0.3) is 0 Å². The van der Waals surface area contributed by atoms with Gasteiger partial charge >= 0.3 is 6.18 Å². The molecule has 24 heavy (non-hydrogen) atoms. The van der Waals surface area contributed by atoms with E-state index in [1.54, 1.807) is 12.1 Å². The van der Waals surface area contributed by atoms with Gasteiger partial charge in [-0.25, -0.2) is 4.98 Å². The number of hydrogen-bond donors (Lipinski definition) is 0. The van der Waals surface area contributed by atoms with E-state index in [1.807, 2.05) is 6.07 Å². The van der Waals surface area contributed by atoms with Gasteiger partial charge in [-0.3, -0.25) is 4.79 Å². The molecule has 0 atom stereocenters. The zero-order chi connectivity index (χ0) is 17.5. The van der Waals surface area contributed by atoms with E-state index in [9.17, 15) is 18.0 Å². The maximum Gasteiger partial charge on any atom is 0.433 e. The van der Waals surface area contributed by atoms with E-state index in [-0.39, 0.29) is 24.5 Å². The molecule has 0 spiro atoms. The second-order valence-corrected chi connectivity index (χ2v) is 5.69. The Morgan fingerprint density at radius 3 is 2.62 bits per heavy atom. The van der Waals surface area contributed by atoms with Gasteiger partial charge in [0.1, 0.15) is 11.4 Å². The van der Waals surface area contributed by atoms with Crippen LogP contribution in [0.3, 0.4) is 0 Å². The average molecular weight is 357 g/mol. The van der Waals surface area contributed by atoms with E-state index in [1.165, 1.54) is 12.0 Å². The normalized spacial score (nSPS) is 13.8. The van der Waals surface area contributed by atoms with Gasteiger partial charge in [0, 0.05) is 18.1 Å². The first-order chi connectivity index (χ1) is 11.3. The number of hydrogen-bond acceptors (Lipinski definition) is 3. The van der Waals surface area contributed by atoms with Crippen LogP contribution in [0.15, 0.2) is 30.3 Å². The molecule has 1 amide bonds. The Morgan fingerprint density at radius 2 is 2.00 bits per heavy atom. The second-order valence-electron chi connectivity index (χ2n) is 5.28. The van der Waals surface area contributed by atoms with E-state index in [0.29, 0.717) is 5.02 Å². The Morgan fingerprint density at radius 1 is 1.25 bits per heavy atom. The van der Waals surface area contributed by atoms with Crippen molar-refractivity contribution in [3.8, 4) is 5.75 Å². The van der Waals surface area contributed by atoms with Gasteiger partial charge in [0.25, 0.3) is 5.91 Å². The lowest BCUT2D eigenvalue weighted by molar-refractivity contribution is -0.141. The molecule has 2 heterocycles. The summed E-state index contributed by atoms with van der Waals surface area (Å²) in [7, 11) is 1.27. The molecule has 0 saturated carbocycles. The number of ether oxygens (including phenoxy) is 1. The summed E-state index contributed by atoms with van der Waals surface area (Å²) >= 11 is 6.10. The molecule has 3 rings (SSSR count). The van der Waals surface area contributed by atoms with Crippen LogP contribution >= 0.6 is 11.6 Å². The van der Waals surface area contributed by atoms with Crippen LogP contribution in [-0.4, -0.2) is 22.9 Å². The Bertz CT molecular complexity index is 808. The molecule has 8 heteroatoms. The first kappa shape index (κ1) is 16.6. The van der Waals surface area contributed by atoms with Crippen LogP contribution in [0.5, 0.6) is 5.75 Å². The largest absolute Gasteiger partial charge is 0.494 e. The van der Waals surface area contributed by atoms with Gasteiger partial charge in [-0.05, 0) is 29.3 Å². The van der Waals surface area contributed by atoms with Crippen molar-refractivity contribution in [2.45, 2.75) is 19.3 Å². The van der Waals surface area contributed by atoms with Crippen molar-refractivity contribution in [3.63, 3.8) is 0 Å². The molecule has 126 valence electrons. The molecule has 0 aliphatic carbocycles. The minimum absolute atomic E-state index is 0.00458. The fourth-order valence-corrected chi connectivity index (χ4v) is 2.85. The highest BCUT2D eigenvalue weighted by atomic mass is 35.5. The number of alkyl halides is 3. The van der Waals surface area contributed by atoms with Crippen molar-refractivity contribution >= 4 is 17.5 Å². The third kappa shape index (κ3) is 2.91. The lowest BCUT2D eigenvalue weighted by Gasteiger charge is -2.17. The molecular formula is C16H12ClF3N2O2. The summed E-state index contributed by atoms with van der Waals surface area (Å²) in [6.07, 6.45) is -4.64. The Hall–Kier alpha value is -2.28. The Balaban J connectivity index is 1.95. The number of halogens is 4. The maximum absolute atomic E-state index is 12.9. The minimum Gasteiger partial charge on any atom is -0.494 e. The summed E-state index contributed by atoms with van der Waals surface area (Å²) in [6.45, 7) is 0.477. The van der Waals surface area contributed by atoms with E-state index >= 15 is 0 Å². The van der Waals surface area contributed by atoms with Crippen molar-refractivity contribution in [3.05, 3.63) is 57.9 Å². The molecular weight excluding hydrogens is 345 g/mol. The van der Waals surface area contributed by atoms with Crippen LogP contribution in [0.2, 0.25) is 5.02 Å². The summed E-state index contributed by atoms with van der Waals surface area (Å²) in [5.74, 6) is -0.639. The zero-order valence-corrected chi connectivity index (χ0v) is 13.3. The smallest absolute Gasteiger partial charge is 0.433 e. The Kier molecular flexibility index (Phi) is 4.13. The van der Waals surface area contributed by atoms with E-state index in [4.69, 9.17) is 16.3 Å². The van der Waals surface area contributed by atoms with Gasteiger partial charge < -0.3 is 9.64 Å². The lowest BCUT2D eigenvalue weighted by atomic mass is 10.1. The molecule has 1 aliphatic rings. The summed E-state index contributed by atoms with van der Waals surface area (Å²) in [5.41, 5.74) is 0.151. The summed E-state index contributed by atoms with van der Waals surface area (Å²) in [6, 6.07) is 7.17. The number of amides is 1. The van der Waals surface area contributed by atoms with Crippen molar-refractivity contribution in [1.82, 2.24) is 9.88 Å². The number of methoxy groups -OCH3 is 1. The monoisotopic (exact) mass is 356 g/mol. The molecule has 0 bridgehead atoms. The molecule has 1 aliphatic heterocycles. The highest BCUT2D eigenvalue weighted by molar-refractivity contribution is 6.31. The van der Waals surface area contributed by atoms with Gasteiger partial charge in [0.05, 0.1) is 7.11 Å². The average Bonchev–Trinajstić information content (AvgIpc) is 2.98. The molecule has 2 aromatic rings. The van der Waals surface area contributed by atoms with E-state index < -0.39 is 17.8 Å². The van der Waals surface area contributed by atoms with Crippen molar-refractivity contribution < 1.29 is 22.7 Å². The molecule has 0 fully saturated rings. The van der Waals surface area contributed by atoms with Crippen LogP contribution < -0.4 is 4.74 Å². The number of aromatic nitrogens is 1. The van der Waals surface area contributed by atoms with Gasteiger partial charge in [-0.15, -0.1) is 0 Å². The van der Waals surface area contributed by atoms with Crippen LogP contribution in [0.1, 0.15) is 27.3 Å². The quantitative estimate of drug-likeness (QED) is 0.819. The fraction of sp³-hybridized carbons (Fsp3) is 0.250. The highest BCUT2D eigenvalue weighted by Gasteiger charge is 2.35. The molecule has 1 aromatic carbocycles. The molecule has 4 nitrogen and oxygen atoms in total. The summed E-state index contributed by atoms with van der Waals surface area (Å²) in [5, 5.41) is 0.520. The van der Waals surface area contributed by atoms with Gasteiger partial charge in [0.15, 0.2) is 5.69 Å². The molecule has 0 N–H and O–H groups in total. The summed E-state index contributed by atoms with van der Waals surface area (Å²) < 4.78 is 43.6. The van der Waals surface area contributed by atoms with Crippen LogP contribution in [0.4, 0.5) is 13.2 Å².